The third-order valence-electron chi connectivity index (χ3n) is 5.07. The van der Waals surface area contributed by atoms with Crippen molar-refractivity contribution in [3.05, 3.63) is 88.7 Å². The average Bonchev–Trinajstić information content (AvgIpc) is 2.97. The molecular formula is C21H13ClFN3O2. The van der Waals surface area contributed by atoms with Crippen LogP contribution in [0.3, 0.4) is 0 Å². The topological polar surface area (TPSA) is 61.4 Å². The van der Waals surface area contributed by atoms with Crippen LogP contribution in [0.25, 0.3) is 0 Å². The van der Waals surface area contributed by atoms with Crippen LogP contribution in [0.15, 0.2) is 66.7 Å². The monoisotopic (exact) mass is 393 g/mol. The number of benzene rings is 3. The molecule has 5 rings (SSSR count). The zero-order valence-electron chi connectivity index (χ0n) is 14.4. The largest absolute Gasteiger partial charge is 0.350 e. The fourth-order valence-electron chi connectivity index (χ4n) is 3.83. The molecule has 1 spiro atoms. The lowest BCUT2D eigenvalue weighted by Crippen LogP contribution is -2.61. The summed E-state index contributed by atoms with van der Waals surface area (Å²) in [6, 6.07) is 17.5. The quantitative estimate of drug-likeness (QED) is 0.646. The molecule has 2 heterocycles. The van der Waals surface area contributed by atoms with Gasteiger partial charge in [0.05, 0.1) is 16.3 Å². The van der Waals surface area contributed by atoms with E-state index in [1.807, 2.05) is 0 Å². The van der Waals surface area contributed by atoms with E-state index >= 15 is 0 Å². The van der Waals surface area contributed by atoms with Gasteiger partial charge in [-0.25, -0.2) is 4.39 Å². The maximum atomic E-state index is 13.5. The van der Waals surface area contributed by atoms with Crippen molar-refractivity contribution in [3.8, 4) is 0 Å². The molecule has 0 aliphatic carbocycles. The number of rotatable bonds is 1. The minimum absolute atomic E-state index is 0.370. The van der Waals surface area contributed by atoms with Crippen molar-refractivity contribution in [2.24, 2.45) is 0 Å². The number of halogens is 2. The maximum absolute atomic E-state index is 13.5. The lowest BCUT2D eigenvalue weighted by atomic mass is 9.92. The molecule has 1 unspecified atom stereocenters. The first-order valence-electron chi connectivity index (χ1n) is 8.60. The molecule has 0 bridgehead atoms. The molecule has 2 N–H and O–H groups in total. The van der Waals surface area contributed by atoms with Crippen LogP contribution in [0.4, 0.5) is 21.5 Å². The summed E-state index contributed by atoms with van der Waals surface area (Å²) in [6.07, 6.45) is 0. The summed E-state index contributed by atoms with van der Waals surface area (Å²) < 4.78 is 13.5. The Balaban J connectivity index is 1.82. The highest BCUT2D eigenvalue weighted by Gasteiger charge is 2.57. The third kappa shape index (κ3) is 2.12. The summed E-state index contributed by atoms with van der Waals surface area (Å²) in [5, 5.41) is 6.40. The van der Waals surface area contributed by atoms with E-state index in [4.69, 9.17) is 11.6 Å². The molecule has 2 aliphatic heterocycles. The van der Waals surface area contributed by atoms with Crippen LogP contribution in [0.1, 0.15) is 15.9 Å². The highest BCUT2D eigenvalue weighted by atomic mass is 35.5. The zero-order chi connectivity index (χ0) is 19.5. The predicted octanol–water partition coefficient (Wildman–Crippen LogP) is 4.36. The van der Waals surface area contributed by atoms with Gasteiger partial charge >= 0.3 is 0 Å². The number of anilines is 3. The average molecular weight is 394 g/mol. The fourth-order valence-corrected chi connectivity index (χ4v) is 4.05. The van der Waals surface area contributed by atoms with Crippen LogP contribution in [0.2, 0.25) is 5.02 Å². The van der Waals surface area contributed by atoms with E-state index < -0.39 is 17.4 Å². The predicted molar refractivity (Wildman–Crippen MR) is 105 cm³/mol. The SMILES string of the molecule is O=C1c2ccccc2NC2(C(=O)Nc3c(Cl)cccc32)N1c1ccc(F)cc1. The van der Waals surface area contributed by atoms with Gasteiger partial charge in [0.25, 0.3) is 11.8 Å². The Kier molecular flexibility index (Phi) is 3.48. The Morgan fingerprint density at radius 1 is 0.929 bits per heavy atom. The van der Waals surface area contributed by atoms with Gasteiger partial charge in [-0.3, -0.25) is 14.5 Å². The normalized spacial score (nSPS) is 19.9. The molecule has 0 fully saturated rings. The van der Waals surface area contributed by atoms with Crippen LogP contribution < -0.4 is 15.5 Å². The summed E-state index contributed by atoms with van der Waals surface area (Å²) >= 11 is 6.29. The van der Waals surface area contributed by atoms with Crippen molar-refractivity contribution in [2.45, 2.75) is 5.66 Å². The van der Waals surface area contributed by atoms with Gasteiger partial charge in [-0.05, 0) is 42.5 Å². The Morgan fingerprint density at radius 3 is 2.46 bits per heavy atom. The van der Waals surface area contributed by atoms with Gasteiger partial charge < -0.3 is 10.6 Å². The molecule has 0 saturated heterocycles. The van der Waals surface area contributed by atoms with Crippen molar-refractivity contribution in [1.82, 2.24) is 0 Å². The van der Waals surface area contributed by atoms with E-state index in [0.717, 1.165) is 0 Å². The molecule has 0 radical (unpaired) electrons. The van der Waals surface area contributed by atoms with Crippen molar-refractivity contribution >= 4 is 40.5 Å². The van der Waals surface area contributed by atoms with Crippen LogP contribution in [-0.4, -0.2) is 11.8 Å². The minimum Gasteiger partial charge on any atom is -0.350 e. The molecule has 138 valence electrons. The summed E-state index contributed by atoms with van der Waals surface area (Å²) in [5.41, 5.74) is 0.771. The number of nitrogens with one attached hydrogen (secondary N) is 2. The van der Waals surface area contributed by atoms with Gasteiger partial charge in [-0.15, -0.1) is 0 Å². The van der Waals surface area contributed by atoms with E-state index in [-0.39, 0.29) is 5.91 Å². The number of nitrogens with zero attached hydrogens (tertiary/aromatic N) is 1. The Morgan fingerprint density at radius 2 is 1.68 bits per heavy atom. The zero-order valence-corrected chi connectivity index (χ0v) is 15.1. The van der Waals surface area contributed by atoms with Gasteiger partial charge in [0.2, 0.25) is 5.66 Å². The smallest absolute Gasteiger partial charge is 0.276 e. The molecule has 5 nitrogen and oxygen atoms in total. The van der Waals surface area contributed by atoms with Crippen molar-refractivity contribution < 1.29 is 14.0 Å². The number of amides is 2. The lowest BCUT2D eigenvalue weighted by molar-refractivity contribution is -0.119. The second-order valence-corrected chi connectivity index (χ2v) is 7.02. The third-order valence-corrected chi connectivity index (χ3v) is 5.38. The molecule has 3 aromatic carbocycles. The van der Waals surface area contributed by atoms with Crippen molar-refractivity contribution in [3.63, 3.8) is 0 Å². The summed E-state index contributed by atoms with van der Waals surface area (Å²) in [4.78, 5) is 28.1. The number of carbonyl (C=O) groups excluding carboxylic acids is 2. The summed E-state index contributed by atoms with van der Waals surface area (Å²) in [5.74, 6) is -1.25. The number of hydrogen-bond donors (Lipinski definition) is 2. The summed E-state index contributed by atoms with van der Waals surface area (Å²) in [7, 11) is 0. The highest BCUT2D eigenvalue weighted by Crippen LogP contribution is 2.48. The standard InChI is InChI=1S/C21H13ClFN3O2/c22-16-6-3-5-15-18(16)24-20(28)21(15)25-17-7-2-1-4-14(17)19(27)26(21)13-10-8-12(23)9-11-13/h1-11,25H,(H,24,28). The highest BCUT2D eigenvalue weighted by molar-refractivity contribution is 6.35. The van der Waals surface area contributed by atoms with E-state index in [9.17, 15) is 14.0 Å². The van der Waals surface area contributed by atoms with Crippen LogP contribution >= 0.6 is 11.6 Å². The van der Waals surface area contributed by atoms with Crippen LogP contribution in [0, 0.1) is 5.82 Å². The second kappa shape index (κ2) is 5.81. The Bertz CT molecular complexity index is 1150. The molecular weight excluding hydrogens is 381 g/mol. The number of para-hydroxylation sites is 2. The second-order valence-electron chi connectivity index (χ2n) is 6.61. The van der Waals surface area contributed by atoms with Crippen LogP contribution in [0.5, 0.6) is 0 Å². The van der Waals surface area contributed by atoms with Gasteiger partial charge in [0, 0.05) is 16.9 Å². The van der Waals surface area contributed by atoms with Gasteiger partial charge in [0.1, 0.15) is 5.82 Å². The van der Waals surface area contributed by atoms with Crippen molar-refractivity contribution in [2.75, 3.05) is 15.5 Å². The van der Waals surface area contributed by atoms with Crippen molar-refractivity contribution in [1.29, 1.82) is 0 Å². The van der Waals surface area contributed by atoms with Crippen LogP contribution in [-0.2, 0) is 10.5 Å². The van der Waals surface area contributed by atoms with Gasteiger partial charge in [0.15, 0.2) is 0 Å². The number of fused-ring (bicyclic) bond motifs is 3. The molecule has 0 saturated carbocycles. The molecule has 2 amide bonds. The minimum atomic E-state index is -1.54. The van der Waals surface area contributed by atoms with E-state index in [2.05, 4.69) is 10.6 Å². The molecule has 7 heteroatoms. The molecule has 2 aliphatic rings. The van der Waals surface area contributed by atoms with Gasteiger partial charge in [-0.2, -0.15) is 0 Å². The molecule has 3 aromatic rings. The first-order valence-corrected chi connectivity index (χ1v) is 8.98. The maximum Gasteiger partial charge on any atom is 0.276 e. The first kappa shape index (κ1) is 16.8. The van der Waals surface area contributed by atoms with E-state index in [0.29, 0.717) is 33.2 Å². The Labute approximate surface area is 164 Å². The lowest BCUT2D eigenvalue weighted by Gasteiger charge is -2.44. The van der Waals surface area contributed by atoms with E-state index in [1.165, 1.54) is 29.2 Å². The van der Waals surface area contributed by atoms with E-state index in [1.54, 1.807) is 42.5 Å². The molecule has 1 atom stereocenters. The number of carbonyl (C=O) groups is 2. The molecule has 0 aromatic heterocycles. The fraction of sp³-hybridized carbons (Fsp3) is 0.0476. The first-order chi connectivity index (χ1) is 13.5. The Hall–Kier alpha value is -3.38. The number of hydrogen-bond acceptors (Lipinski definition) is 3. The van der Waals surface area contributed by atoms with Gasteiger partial charge in [-0.1, -0.05) is 35.9 Å². The summed E-state index contributed by atoms with van der Waals surface area (Å²) in [6.45, 7) is 0. The molecule has 28 heavy (non-hydrogen) atoms.